The van der Waals surface area contributed by atoms with Crippen molar-refractivity contribution in [1.82, 2.24) is 24.7 Å². The highest BCUT2D eigenvalue weighted by Gasteiger charge is 2.35. The fourth-order valence-corrected chi connectivity index (χ4v) is 5.23. The second kappa shape index (κ2) is 10.5. The molecule has 5 aromatic rings. The highest BCUT2D eigenvalue weighted by Crippen LogP contribution is 2.33. The number of aromatic nitrogens is 5. The molecule has 2 unspecified atom stereocenters. The molecule has 3 atom stereocenters. The van der Waals surface area contributed by atoms with Gasteiger partial charge < -0.3 is 19.5 Å². The van der Waals surface area contributed by atoms with E-state index in [0.717, 1.165) is 33.1 Å². The molecular weight excluding hydrogens is 524 g/mol. The predicted octanol–water partition coefficient (Wildman–Crippen LogP) is 3.03. The maximum atomic E-state index is 13.1. The van der Waals surface area contributed by atoms with Gasteiger partial charge in [0.05, 0.1) is 35.0 Å². The summed E-state index contributed by atoms with van der Waals surface area (Å²) >= 11 is 0. The molecule has 0 amide bonds. The van der Waals surface area contributed by atoms with E-state index in [9.17, 15) is 14.7 Å². The second-order valence-electron chi connectivity index (χ2n) is 10.5. The molecule has 2 aromatic carbocycles. The lowest BCUT2D eigenvalue weighted by molar-refractivity contribution is -0.0546. The number of nitrogens with zero attached hydrogens (tertiary/aromatic N) is 5. The summed E-state index contributed by atoms with van der Waals surface area (Å²) in [5.41, 5.74) is 4.04. The molecule has 1 aliphatic heterocycles. The van der Waals surface area contributed by atoms with E-state index >= 15 is 0 Å². The number of aliphatic hydroxyl groups is 1. The third kappa shape index (κ3) is 4.99. The molecule has 1 fully saturated rings. The monoisotopic (exact) mass is 554 g/mol. The molecule has 3 aromatic heterocycles. The van der Waals surface area contributed by atoms with Gasteiger partial charge in [-0.15, -0.1) is 5.10 Å². The summed E-state index contributed by atoms with van der Waals surface area (Å²) in [5.74, 6) is 0. The molecule has 0 bridgehead atoms. The molecule has 41 heavy (non-hydrogen) atoms. The molecule has 0 saturated carbocycles. The minimum Gasteiger partial charge on any atom is -0.390 e. The van der Waals surface area contributed by atoms with Crippen molar-refractivity contribution in [3.63, 3.8) is 0 Å². The van der Waals surface area contributed by atoms with Gasteiger partial charge in [0, 0.05) is 61.4 Å². The molecule has 6 rings (SSSR count). The first kappa shape index (κ1) is 26.8. The standard InChI is InChI=1S/C30H30N6O5/c1-16-9-21(22-14-36(30(39)32-29(22)38)27-13-25(37)26(41-27)15-40-4)28(34-33-16)19-6-5-17-10-18-7-8-20(35(2)3)12-24(18)31-23(17)11-19/h5-12,14,25-27,37H,13,15H2,1-4H3,(H,32,38,39)/t25-,26?,27?/m0/s1. The average Bonchev–Trinajstić information content (AvgIpc) is 3.31. The Morgan fingerprint density at radius 3 is 2.56 bits per heavy atom. The molecule has 1 saturated heterocycles. The number of pyridine rings is 1. The van der Waals surface area contributed by atoms with E-state index in [2.05, 4.69) is 33.4 Å². The number of aromatic amines is 1. The van der Waals surface area contributed by atoms with Gasteiger partial charge in [-0.1, -0.05) is 18.2 Å². The number of aliphatic hydroxyl groups excluding tert-OH is 1. The van der Waals surface area contributed by atoms with Crippen LogP contribution in [0.4, 0.5) is 5.69 Å². The molecule has 210 valence electrons. The van der Waals surface area contributed by atoms with Crippen LogP contribution in [-0.2, 0) is 9.47 Å². The lowest BCUT2D eigenvalue weighted by Gasteiger charge is -2.17. The summed E-state index contributed by atoms with van der Waals surface area (Å²) in [6.07, 6.45) is -0.513. The lowest BCUT2D eigenvalue weighted by Crippen LogP contribution is -2.33. The van der Waals surface area contributed by atoms with Crippen LogP contribution >= 0.6 is 0 Å². The first-order valence-corrected chi connectivity index (χ1v) is 13.3. The fraction of sp³-hybridized carbons (Fsp3) is 0.300. The van der Waals surface area contributed by atoms with Crippen molar-refractivity contribution in [2.45, 2.75) is 31.8 Å². The normalized spacial score (nSPS) is 18.8. The van der Waals surface area contributed by atoms with E-state index in [-0.39, 0.29) is 18.6 Å². The highest BCUT2D eigenvalue weighted by atomic mass is 16.6. The average molecular weight is 555 g/mol. The van der Waals surface area contributed by atoms with Crippen LogP contribution in [0, 0.1) is 6.92 Å². The number of methoxy groups -OCH3 is 1. The fourth-order valence-electron chi connectivity index (χ4n) is 5.23. The summed E-state index contributed by atoms with van der Waals surface area (Å²) < 4.78 is 12.3. The molecule has 11 nitrogen and oxygen atoms in total. The van der Waals surface area contributed by atoms with Crippen LogP contribution in [0.5, 0.6) is 0 Å². The summed E-state index contributed by atoms with van der Waals surface area (Å²) in [6.45, 7) is 1.97. The summed E-state index contributed by atoms with van der Waals surface area (Å²) in [7, 11) is 5.49. The van der Waals surface area contributed by atoms with Crippen molar-refractivity contribution in [3.8, 4) is 22.4 Å². The Balaban J connectivity index is 1.46. The van der Waals surface area contributed by atoms with Crippen LogP contribution in [0.1, 0.15) is 18.3 Å². The number of nitrogens with one attached hydrogen (secondary N) is 1. The van der Waals surface area contributed by atoms with Crippen LogP contribution in [0.25, 0.3) is 44.2 Å². The number of anilines is 1. The van der Waals surface area contributed by atoms with E-state index in [4.69, 9.17) is 14.5 Å². The summed E-state index contributed by atoms with van der Waals surface area (Å²) in [4.78, 5) is 35.3. The van der Waals surface area contributed by atoms with Crippen molar-refractivity contribution < 1.29 is 14.6 Å². The van der Waals surface area contributed by atoms with E-state index in [1.165, 1.54) is 17.9 Å². The number of hydrogen-bond donors (Lipinski definition) is 2. The number of benzene rings is 2. The number of ether oxygens (including phenoxy) is 2. The molecule has 1 aliphatic rings. The molecule has 0 spiro atoms. The van der Waals surface area contributed by atoms with Gasteiger partial charge in [-0.25, -0.2) is 9.78 Å². The Bertz CT molecular complexity index is 1900. The third-order valence-electron chi connectivity index (χ3n) is 7.41. The van der Waals surface area contributed by atoms with Crippen molar-refractivity contribution in [2.24, 2.45) is 0 Å². The van der Waals surface area contributed by atoms with Crippen LogP contribution < -0.4 is 16.1 Å². The maximum Gasteiger partial charge on any atom is 0.330 e. The van der Waals surface area contributed by atoms with Gasteiger partial charge in [0.25, 0.3) is 5.56 Å². The number of H-pyrrole nitrogens is 1. The Kier molecular flexibility index (Phi) is 6.86. The van der Waals surface area contributed by atoms with Crippen molar-refractivity contribution >= 4 is 27.5 Å². The minimum atomic E-state index is -0.808. The zero-order valence-corrected chi connectivity index (χ0v) is 23.2. The van der Waals surface area contributed by atoms with Gasteiger partial charge in [-0.05, 0) is 37.3 Å². The van der Waals surface area contributed by atoms with Gasteiger partial charge in [0.1, 0.15) is 18.0 Å². The SMILES string of the molecule is COCC1OC(n2cc(-c3cc(C)nnc3-c3ccc4cc5ccc(N(C)C)cc5nc4c3)c(=O)[nH]c2=O)C[C@@H]1O. The zero-order chi connectivity index (χ0) is 28.8. The Hall–Kier alpha value is -4.45. The quantitative estimate of drug-likeness (QED) is 0.304. The molecule has 2 N–H and O–H groups in total. The molecular formula is C30H30N6O5. The third-order valence-corrected chi connectivity index (χ3v) is 7.41. The predicted molar refractivity (Wildman–Crippen MR) is 156 cm³/mol. The minimum absolute atomic E-state index is 0.180. The van der Waals surface area contributed by atoms with E-state index in [0.29, 0.717) is 17.0 Å². The topological polar surface area (TPSA) is 135 Å². The van der Waals surface area contributed by atoms with Crippen LogP contribution in [0.2, 0.25) is 0 Å². The lowest BCUT2D eigenvalue weighted by atomic mass is 9.99. The van der Waals surface area contributed by atoms with Crippen LogP contribution in [0.15, 0.2) is 64.3 Å². The molecule has 4 heterocycles. The van der Waals surface area contributed by atoms with Gasteiger partial charge in [0.2, 0.25) is 0 Å². The number of rotatable bonds is 6. The number of aryl methyl sites for hydroxylation is 1. The molecule has 0 aliphatic carbocycles. The largest absolute Gasteiger partial charge is 0.390 e. The summed E-state index contributed by atoms with van der Waals surface area (Å²) in [5, 5.41) is 21.1. The Labute approximate surface area is 235 Å². The maximum absolute atomic E-state index is 13.1. The van der Waals surface area contributed by atoms with Gasteiger partial charge >= 0.3 is 5.69 Å². The molecule has 0 radical (unpaired) electrons. The Morgan fingerprint density at radius 1 is 1.05 bits per heavy atom. The zero-order valence-electron chi connectivity index (χ0n) is 23.2. The Morgan fingerprint density at radius 2 is 1.80 bits per heavy atom. The van der Waals surface area contributed by atoms with Crippen molar-refractivity contribution in [3.05, 3.63) is 81.3 Å². The number of fused-ring (bicyclic) bond motifs is 2. The van der Waals surface area contributed by atoms with Gasteiger partial charge in [0.15, 0.2) is 0 Å². The van der Waals surface area contributed by atoms with E-state index in [1.54, 1.807) is 13.0 Å². The highest BCUT2D eigenvalue weighted by molar-refractivity contribution is 5.96. The molecule has 11 heteroatoms. The first-order chi connectivity index (χ1) is 19.7. The van der Waals surface area contributed by atoms with E-state index < -0.39 is 29.7 Å². The van der Waals surface area contributed by atoms with Gasteiger partial charge in [-0.2, -0.15) is 5.10 Å². The van der Waals surface area contributed by atoms with Crippen molar-refractivity contribution in [2.75, 3.05) is 32.7 Å². The van der Waals surface area contributed by atoms with Gasteiger partial charge in [-0.3, -0.25) is 14.3 Å². The smallest absolute Gasteiger partial charge is 0.330 e. The van der Waals surface area contributed by atoms with Crippen LogP contribution in [0.3, 0.4) is 0 Å². The number of hydrogen-bond acceptors (Lipinski definition) is 9. The van der Waals surface area contributed by atoms with E-state index in [1.807, 2.05) is 43.3 Å². The second-order valence-corrected chi connectivity index (χ2v) is 10.5. The first-order valence-electron chi connectivity index (χ1n) is 13.3. The van der Waals surface area contributed by atoms with Crippen molar-refractivity contribution in [1.29, 1.82) is 0 Å². The van der Waals surface area contributed by atoms with Crippen LogP contribution in [-0.4, -0.2) is 69.9 Å². The summed E-state index contributed by atoms with van der Waals surface area (Å²) in [6, 6.07) is 15.8.